The summed E-state index contributed by atoms with van der Waals surface area (Å²) in [5.41, 5.74) is 0. The van der Waals surface area contributed by atoms with Crippen molar-refractivity contribution in [3.8, 4) is 6.07 Å². The van der Waals surface area contributed by atoms with Crippen molar-refractivity contribution in [1.82, 2.24) is 5.32 Å². The van der Waals surface area contributed by atoms with Gasteiger partial charge in [0.1, 0.15) is 0 Å². The molecule has 2 fully saturated rings. The molecule has 2 heteroatoms. The molecule has 0 spiro atoms. The van der Waals surface area contributed by atoms with Gasteiger partial charge >= 0.3 is 0 Å². The zero-order chi connectivity index (χ0) is 11.4. The van der Waals surface area contributed by atoms with Crippen molar-refractivity contribution in [2.45, 2.75) is 57.9 Å². The summed E-state index contributed by atoms with van der Waals surface area (Å²) in [4.78, 5) is 0. The molecule has 4 atom stereocenters. The standard InChI is InChI=1S/C14H24N2/c1-11-6-7-12(8-11)10-16-14-5-3-2-4-13(14)9-15/h11-14,16H,2-8,10H2,1H3. The Labute approximate surface area is 99.4 Å². The molecular formula is C14H24N2. The Balaban J connectivity index is 1.74. The first kappa shape index (κ1) is 11.9. The lowest BCUT2D eigenvalue weighted by molar-refractivity contribution is 0.295. The summed E-state index contributed by atoms with van der Waals surface area (Å²) >= 11 is 0. The second kappa shape index (κ2) is 5.68. The van der Waals surface area contributed by atoms with E-state index < -0.39 is 0 Å². The van der Waals surface area contributed by atoms with Crippen LogP contribution in [0.25, 0.3) is 0 Å². The van der Waals surface area contributed by atoms with Gasteiger partial charge in [0.05, 0.1) is 12.0 Å². The second-order valence-corrected chi connectivity index (χ2v) is 5.82. The lowest BCUT2D eigenvalue weighted by atomic mass is 9.85. The van der Waals surface area contributed by atoms with Gasteiger partial charge in [-0.25, -0.2) is 0 Å². The molecule has 4 unspecified atom stereocenters. The normalized spacial score (nSPS) is 39.5. The lowest BCUT2D eigenvalue weighted by Crippen LogP contribution is -2.40. The Kier molecular flexibility index (Phi) is 4.23. The number of hydrogen-bond acceptors (Lipinski definition) is 2. The van der Waals surface area contributed by atoms with Crippen LogP contribution in [0.15, 0.2) is 0 Å². The van der Waals surface area contributed by atoms with Crippen molar-refractivity contribution >= 4 is 0 Å². The van der Waals surface area contributed by atoms with Gasteiger partial charge in [0.25, 0.3) is 0 Å². The summed E-state index contributed by atoms with van der Waals surface area (Å²) in [7, 11) is 0. The van der Waals surface area contributed by atoms with Crippen LogP contribution in [-0.4, -0.2) is 12.6 Å². The maximum absolute atomic E-state index is 9.11. The highest BCUT2D eigenvalue weighted by Crippen LogP contribution is 2.30. The van der Waals surface area contributed by atoms with Gasteiger partial charge in [0, 0.05) is 6.04 Å². The van der Waals surface area contributed by atoms with E-state index in [4.69, 9.17) is 5.26 Å². The van der Waals surface area contributed by atoms with Gasteiger partial charge in [-0.05, 0) is 44.1 Å². The molecule has 2 saturated carbocycles. The Bertz CT molecular complexity index is 256. The number of nitrogens with zero attached hydrogens (tertiary/aromatic N) is 1. The lowest BCUT2D eigenvalue weighted by Gasteiger charge is -2.28. The molecule has 0 aromatic rings. The van der Waals surface area contributed by atoms with Crippen molar-refractivity contribution in [2.75, 3.05) is 6.54 Å². The first-order chi connectivity index (χ1) is 7.79. The van der Waals surface area contributed by atoms with Gasteiger partial charge < -0.3 is 5.32 Å². The van der Waals surface area contributed by atoms with E-state index in [1.807, 2.05) is 0 Å². The number of rotatable bonds is 3. The van der Waals surface area contributed by atoms with E-state index in [1.165, 1.54) is 38.5 Å². The van der Waals surface area contributed by atoms with E-state index in [0.717, 1.165) is 24.8 Å². The molecule has 2 aliphatic carbocycles. The van der Waals surface area contributed by atoms with E-state index >= 15 is 0 Å². The molecule has 2 rings (SSSR count). The predicted molar refractivity (Wildman–Crippen MR) is 65.9 cm³/mol. The van der Waals surface area contributed by atoms with Crippen LogP contribution in [0.4, 0.5) is 0 Å². The SMILES string of the molecule is CC1CCC(CNC2CCCCC2C#N)C1. The highest BCUT2D eigenvalue weighted by molar-refractivity contribution is 4.95. The summed E-state index contributed by atoms with van der Waals surface area (Å²) in [6, 6.07) is 2.96. The Hall–Kier alpha value is -0.550. The third kappa shape index (κ3) is 2.98. The van der Waals surface area contributed by atoms with E-state index in [2.05, 4.69) is 18.3 Å². The minimum absolute atomic E-state index is 0.271. The van der Waals surface area contributed by atoms with Crippen LogP contribution in [-0.2, 0) is 0 Å². The predicted octanol–water partition coefficient (Wildman–Crippen LogP) is 3.09. The topological polar surface area (TPSA) is 35.8 Å². The van der Waals surface area contributed by atoms with Crippen molar-refractivity contribution in [1.29, 1.82) is 5.26 Å². The van der Waals surface area contributed by atoms with Crippen LogP contribution in [0.5, 0.6) is 0 Å². The van der Waals surface area contributed by atoms with E-state index in [1.54, 1.807) is 0 Å². The maximum atomic E-state index is 9.11. The molecule has 0 aromatic heterocycles. The third-order valence-corrected chi connectivity index (χ3v) is 4.40. The minimum atomic E-state index is 0.271. The molecule has 2 aliphatic rings. The van der Waals surface area contributed by atoms with Crippen LogP contribution in [0, 0.1) is 29.1 Å². The molecule has 0 radical (unpaired) electrons. The van der Waals surface area contributed by atoms with Crippen LogP contribution < -0.4 is 5.32 Å². The zero-order valence-corrected chi connectivity index (χ0v) is 10.4. The molecule has 90 valence electrons. The van der Waals surface area contributed by atoms with Gasteiger partial charge in [0.2, 0.25) is 0 Å². The van der Waals surface area contributed by atoms with Crippen molar-refractivity contribution in [2.24, 2.45) is 17.8 Å². The zero-order valence-electron chi connectivity index (χ0n) is 10.4. The molecule has 2 nitrogen and oxygen atoms in total. The molecule has 0 bridgehead atoms. The van der Waals surface area contributed by atoms with Gasteiger partial charge in [-0.15, -0.1) is 0 Å². The molecule has 0 aliphatic heterocycles. The first-order valence-electron chi connectivity index (χ1n) is 6.92. The Morgan fingerprint density at radius 2 is 2.00 bits per heavy atom. The average molecular weight is 220 g/mol. The first-order valence-corrected chi connectivity index (χ1v) is 6.92. The molecule has 0 saturated heterocycles. The van der Waals surface area contributed by atoms with Gasteiger partial charge in [-0.3, -0.25) is 0 Å². The largest absolute Gasteiger partial charge is 0.312 e. The summed E-state index contributed by atoms with van der Waals surface area (Å²) < 4.78 is 0. The molecule has 1 N–H and O–H groups in total. The molecule has 0 amide bonds. The fourth-order valence-corrected chi connectivity index (χ4v) is 3.36. The highest BCUT2D eigenvalue weighted by Gasteiger charge is 2.27. The number of nitriles is 1. The highest BCUT2D eigenvalue weighted by atomic mass is 14.9. The summed E-state index contributed by atoms with van der Waals surface area (Å²) in [6.07, 6.45) is 9.04. The van der Waals surface area contributed by atoms with Crippen molar-refractivity contribution in [3.05, 3.63) is 0 Å². The molecular weight excluding hydrogens is 196 g/mol. The number of hydrogen-bond donors (Lipinski definition) is 1. The molecule has 0 heterocycles. The number of nitrogens with one attached hydrogen (secondary N) is 1. The summed E-state index contributed by atoms with van der Waals surface area (Å²) in [5, 5.41) is 12.8. The smallest absolute Gasteiger partial charge is 0.0672 e. The minimum Gasteiger partial charge on any atom is -0.312 e. The fraction of sp³-hybridized carbons (Fsp3) is 0.929. The molecule has 16 heavy (non-hydrogen) atoms. The van der Waals surface area contributed by atoms with Gasteiger partial charge in [0.15, 0.2) is 0 Å². The quantitative estimate of drug-likeness (QED) is 0.793. The van der Waals surface area contributed by atoms with Crippen molar-refractivity contribution in [3.63, 3.8) is 0 Å². The Morgan fingerprint density at radius 3 is 2.69 bits per heavy atom. The summed E-state index contributed by atoms with van der Waals surface area (Å²) in [5.74, 6) is 2.06. The van der Waals surface area contributed by atoms with Crippen molar-refractivity contribution < 1.29 is 0 Å². The van der Waals surface area contributed by atoms with Crippen LogP contribution in [0.1, 0.15) is 51.9 Å². The average Bonchev–Trinajstić information content (AvgIpc) is 2.73. The second-order valence-electron chi connectivity index (χ2n) is 5.82. The van der Waals surface area contributed by atoms with E-state index in [-0.39, 0.29) is 5.92 Å². The fourth-order valence-electron chi connectivity index (χ4n) is 3.36. The van der Waals surface area contributed by atoms with E-state index in [0.29, 0.717) is 6.04 Å². The third-order valence-electron chi connectivity index (χ3n) is 4.40. The molecule has 0 aromatic carbocycles. The van der Waals surface area contributed by atoms with Crippen LogP contribution >= 0.6 is 0 Å². The maximum Gasteiger partial charge on any atom is 0.0672 e. The van der Waals surface area contributed by atoms with E-state index in [9.17, 15) is 0 Å². The van der Waals surface area contributed by atoms with Gasteiger partial charge in [-0.2, -0.15) is 5.26 Å². The Morgan fingerprint density at radius 1 is 1.19 bits per heavy atom. The monoisotopic (exact) mass is 220 g/mol. The summed E-state index contributed by atoms with van der Waals surface area (Å²) in [6.45, 7) is 3.51. The van der Waals surface area contributed by atoms with Crippen LogP contribution in [0.2, 0.25) is 0 Å². The van der Waals surface area contributed by atoms with Crippen LogP contribution in [0.3, 0.4) is 0 Å². The van der Waals surface area contributed by atoms with Gasteiger partial charge in [-0.1, -0.05) is 26.2 Å².